The fraction of sp³-hybridized carbons (Fsp3) is 0.500. The molecule has 0 aliphatic rings. The van der Waals surface area contributed by atoms with Crippen LogP contribution in [0.2, 0.25) is 0 Å². The molecular weight excluding hydrogens is 174 g/mol. The van der Waals surface area contributed by atoms with Crippen molar-refractivity contribution in [3.05, 3.63) is 12.0 Å². The molecule has 0 radical (unpaired) electrons. The number of carbonyl (C=O) groups is 1. The highest BCUT2D eigenvalue weighted by Crippen LogP contribution is 2.17. The predicted molar refractivity (Wildman–Crippen MR) is 47.3 cm³/mol. The molecule has 12 heavy (non-hydrogen) atoms. The Morgan fingerprint density at radius 1 is 1.75 bits per heavy atom. The fourth-order valence-electron chi connectivity index (χ4n) is 0.681. The van der Waals surface area contributed by atoms with Gasteiger partial charge in [-0.05, 0) is 13.8 Å². The zero-order chi connectivity index (χ0) is 8.97. The van der Waals surface area contributed by atoms with E-state index in [1.165, 1.54) is 11.8 Å². The first-order chi connectivity index (χ1) is 5.68. The summed E-state index contributed by atoms with van der Waals surface area (Å²) in [7, 11) is 0. The van der Waals surface area contributed by atoms with Gasteiger partial charge in [0.05, 0.1) is 5.69 Å². The molecule has 0 N–H and O–H groups in total. The van der Waals surface area contributed by atoms with Gasteiger partial charge in [0.2, 0.25) is 0 Å². The number of rotatable bonds is 4. The van der Waals surface area contributed by atoms with Crippen LogP contribution in [0.3, 0.4) is 0 Å². The van der Waals surface area contributed by atoms with E-state index in [4.69, 9.17) is 4.42 Å². The molecule has 0 amide bonds. The molecule has 0 aromatic carbocycles. The molecule has 0 bridgehead atoms. The van der Waals surface area contributed by atoms with Crippen LogP contribution in [0.15, 0.2) is 15.9 Å². The van der Waals surface area contributed by atoms with Crippen molar-refractivity contribution in [1.82, 2.24) is 4.98 Å². The second-order valence-electron chi connectivity index (χ2n) is 2.56. The smallest absolute Gasteiger partial charge is 0.255 e. The molecule has 1 heterocycles. The normalized spacial score (nSPS) is 10.2. The summed E-state index contributed by atoms with van der Waals surface area (Å²) < 4.78 is 5.09. The van der Waals surface area contributed by atoms with E-state index in [0.29, 0.717) is 11.6 Å². The highest BCUT2D eigenvalue weighted by molar-refractivity contribution is 7.99. The maximum absolute atomic E-state index is 10.6. The summed E-state index contributed by atoms with van der Waals surface area (Å²) >= 11 is 1.47. The van der Waals surface area contributed by atoms with Crippen LogP contribution in [0.4, 0.5) is 0 Å². The molecule has 0 atom stereocenters. The van der Waals surface area contributed by atoms with Crippen LogP contribution in [-0.4, -0.2) is 16.5 Å². The number of nitrogens with zero attached hydrogens (tertiary/aromatic N) is 1. The maximum Gasteiger partial charge on any atom is 0.255 e. The molecule has 0 saturated carbocycles. The van der Waals surface area contributed by atoms with E-state index in [0.717, 1.165) is 11.4 Å². The Labute approximate surface area is 75.6 Å². The van der Waals surface area contributed by atoms with Crippen LogP contribution >= 0.6 is 11.8 Å². The van der Waals surface area contributed by atoms with Gasteiger partial charge in [0.15, 0.2) is 0 Å². The van der Waals surface area contributed by atoms with Gasteiger partial charge in [0.25, 0.3) is 5.22 Å². The molecule has 0 saturated heterocycles. The lowest BCUT2D eigenvalue weighted by atomic mass is 10.4. The number of thioether (sulfide) groups is 1. The number of hydrogen-bond donors (Lipinski definition) is 0. The first-order valence-corrected chi connectivity index (χ1v) is 4.71. The number of aryl methyl sites for hydroxylation is 1. The van der Waals surface area contributed by atoms with Crippen molar-refractivity contribution in [2.75, 3.05) is 5.75 Å². The van der Waals surface area contributed by atoms with E-state index in [1.54, 1.807) is 13.2 Å². The maximum atomic E-state index is 10.6. The minimum atomic E-state index is 0.200. The Bertz CT molecular complexity index is 270. The molecule has 1 aromatic heterocycles. The van der Waals surface area contributed by atoms with Gasteiger partial charge in [-0.15, -0.1) is 0 Å². The number of aromatic nitrogens is 1. The zero-order valence-electron chi connectivity index (χ0n) is 7.16. The molecule has 0 aliphatic heterocycles. The predicted octanol–water partition coefficient (Wildman–Crippen LogP) is 2.05. The Morgan fingerprint density at radius 3 is 3.00 bits per heavy atom. The van der Waals surface area contributed by atoms with Gasteiger partial charge in [-0.25, -0.2) is 4.98 Å². The highest BCUT2D eigenvalue weighted by atomic mass is 32.2. The quantitative estimate of drug-likeness (QED) is 0.673. The minimum Gasteiger partial charge on any atom is -0.440 e. The molecule has 0 fully saturated rings. The first kappa shape index (κ1) is 9.32. The van der Waals surface area contributed by atoms with Gasteiger partial charge in [0.1, 0.15) is 12.0 Å². The Kier molecular flexibility index (Phi) is 3.34. The fourth-order valence-corrected chi connectivity index (χ4v) is 1.57. The number of hydrogen-bond acceptors (Lipinski definition) is 4. The van der Waals surface area contributed by atoms with E-state index >= 15 is 0 Å². The topological polar surface area (TPSA) is 43.1 Å². The van der Waals surface area contributed by atoms with Crippen LogP contribution < -0.4 is 0 Å². The molecule has 1 rings (SSSR count). The Balaban J connectivity index is 2.29. The zero-order valence-corrected chi connectivity index (χ0v) is 7.98. The number of ketones is 1. The van der Waals surface area contributed by atoms with Crippen molar-refractivity contribution >= 4 is 17.5 Å². The van der Waals surface area contributed by atoms with Crippen molar-refractivity contribution in [1.29, 1.82) is 0 Å². The molecule has 3 nitrogen and oxygen atoms in total. The minimum absolute atomic E-state index is 0.200. The summed E-state index contributed by atoms with van der Waals surface area (Å²) in [5.41, 5.74) is 0.875. The molecule has 0 spiro atoms. The van der Waals surface area contributed by atoms with Gasteiger partial charge in [-0.3, -0.25) is 4.79 Å². The Morgan fingerprint density at radius 2 is 2.50 bits per heavy atom. The molecule has 1 aromatic rings. The molecule has 4 heteroatoms. The lowest BCUT2D eigenvalue weighted by Crippen LogP contribution is -1.91. The summed E-state index contributed by atoms with van der Waals surface area (Å²) in [6.45, 7) is 3.46. The van der Waals surface area contributed by atoms with E-state index in [1.807, 2.05) is 6.92 Å². The third kappa shape index (κ3) is 3.09. The Hall–Kier alpha value is -0.770. The third-order valence-electron chi connectivity index (χ3n) is 1.28. The number of oxazole rings is 1. The number of Topliss-reactive ketones (excluding diaryl/α,β-unsaturated/α-hetero) is 1. The summed E-state index contributed by atoms with van der Waals surface area (Å²) in [5, 5.41) is 0.647. The van der Waals surface area contributed by atoms with E-state index in [2.05, 4.69) is 4.98 Å². The van der Waals surface area contributed by atoms with Crippen LogP contribution in [-0.2, 0) is 4.79 Å². The van der Waals surface area contributed by atoms with Crippen molar-refractivity contribution in [2.24, 2.45) is 0 Å². The second-order valence-corrected chi connectivity index (χ2v) is 3.60. The van der Waals surface area contributed by atoms with Crippen molar-refractivity contribution in [3.8, 4) is 0 Å². The van der Waals surface area contributed by atoms with Crippen LogP contribution in [0.25, 0.3) is 0 Å². The van der Waals surface area contributed by atoms with Gasteiger partial charge in [0, 0.05) is 12.2 Å². The average molecular weight is 185 g/mol. The van der Waals surface area contributed by atoms with Crippen molar-refractivity contribution in [3.63, 3.8) is 0 Å². The van der Waals surface area contributed by atoms with E-state index < -0.39 is 0 Å². The van der Waals surface area contributed by atoms with Crippen molar-refractivity contribution in [2.45, 2.75) is 25.5 Å². The molecule has 66 valence electrons. The average Bonchev–Trinajstić information content (AvgIpc) is 2.35. The van der Waals surface area contributed by atoms with Gasteiger partial charge in [-0.2, -0.15) is 0 Å². The van der Waals surface area contributed by atoms with Crippen LogP contribution in [0.5, 0.6) is 0 Å². The summed E-state index contributed by atoms with van der Waals surface area (Å²) in [4.78, 5) is 14.7. The lowest BCUT2D eigenvalue weighted by Gasteiger charge is -1.91. The van der Waals surface area contributed by atoms with Gasteiger partial charge in [-0.1, -0.05) is 11.8 Å². The van der Waals surface area contributed by atoms with E-state index in [9.17, 15) is 4.79 Å². The third-order valence-corrected chi connectivity index (χ3v) is 2.12. The standard InChI is InChI=1S/C8H11NO2S/c1-6-5-11-8(9-6)12-4-3-7(2)10/h5H,3-4H2,1-2H3. The van der Waals surface area contributed by atoms with E-state index in [-0.39, 0.29) is 5.78 Å². The molecule has 0 unspecified atom stereocenters. The number of carbonyl (C=O) groups excluding carboxylic acids is 1. The lowest BCUT2D eigenvalue weighted by molar-refractivity contribution is -0.116. The largest absolute Gasteiger partial charge is 0.440 e. The van der Waals surface area contributed by atoms with Gasteiger partial charge < -0.3 is 4.42 Å². The van der Waals surface area contributed by atoms with Crippen molar-refractivity contribution < 1.29 is 9.21 Å². The molecule has 0 aliphatic carbocycles. The van der Waals surface area contributed by atoms with Crippen LogP contribution in [0.1, 0.15) is 19.0 Å². The summed E-state index contributed by atoms with van der Waals surface area (Å²) in [5.74, 6) is 0.945. The summed E-state index contributed by atoms with van der Waals surface area (Å²) in [6, 6.07) is 0. The highest BCUT2D eigenvalue weighted by Gasteiger charge is 2.01. The summed E-state index contributed by atoms with van der Waals surface area (Å²) in [6.07, 6.45) is 2.18. The molecular formula is C8H11NO2S. The van der Waals surface area contributed by atoms with Gasteiger partial charge >= 0.3 is 0 Å². The van der Waals surface area contributed by atoms with Crippen LogP contribution in [0, 0.1) is 6.92 Å². The first-order valence-electron chi connectivity index (χ1n) is 3.73. The monoisotopic (exact) mass is 185 g/mol. The second kappa shape index (κ2) is 4.30. The SMILES string of the molecule is CC(=O)CCSc1nc(C)co1.